The lowest BCUT2D eigenvalue weighted by Crippen LogP contribution is -2.42. The van der Waals surface area contributed by atoms with Gasteiger partial charge in [0.1, 0.15) is 11.5 Å². The summed E-state index contributed by atoms with van der Waals surface area (Å²) in [7, 11) is 9.58. The average Bonchev–Trinajstić information content (AvgIpc) is 3.13. The van der Waals surface area contributed by atoms with Crippen molar-refractivity contribution in [3.8, 4) is 5.75 Å². The summed E-state index contributed by atoms with van der Waals surface area (Å²) in [5, 5.41) is 3.43. The molecule has 6 heteroatoms. The number of hydrogen-bond acceptors (Lipinski definition) is 4. The highest BCUT2D eigenvalue weighted by Crippen LogP contribution is 2.18. The van der Waals surface area contributed by atoms with Crippen LogP contribution in [-0.4, -0.2) is 57.6 Å². The van der Waals surface area contributed by atoms with Crippen LogP contribution in [0.4, 0.5) is 0 Å². The number of guanidine groups is 1. The normalized spacial score (nSPS) is 13.0. The quantitative estimate of drug-likeness (QED) is 0.618. The van der Waals surface area contributed by atoms with E-state index in [1.807, 2.05) is 45.4 Å². The first-order valence-electron chi connectivity index (χ1n) is 8.29. The van der Waals surface area contributed by atoms with Crippen molar-refractivity contribution in [2.24, 2.45) is 4.99 Å². The summed E-state index contributed by atoms with van der Waals surface area (Å²) in [6, 6.07) is 12.1. The average molecular weight is 344 g/mol. The molecule has 0 amide bonds. The number of rotatable bonds is 7. The van der Waals surface area contributed by atoms with Crippen molar-refractivity contribution in [3.63, 3.8) is 0 Å². The SMILES string of the molecule is CN=C(NCC(c1ccco1)N(C)C)N(C)Cc1ccc(OC)cc1. The molecule has 25 heavy (non-hydrogen) atoms. The molecule has 1 aromatic carbocycles. The monoisotopic (exact) mass is 344 g/mol. The van der Waals surface area contributed by atoms with Crippen molar-refractivity contribution < 1.29 is 9.15 Å². The van der Waals surface area contributed by atoms with Crippen LogP contribution >= 0.6 is 0 Å². The molecule has 6 nitrogen and oxygen atoms in total. The van der Waals surface area contributed by atoms with Crippen LogP contribution in [0.2, 0.25) is 0 Å². The molecular formula is C19H28N4O2. The maximum absolute atomic E-state index is 5.55. The molecule has 0 fully saturated rings. The Hall–Kier alpha value is -2.47. The van der Waals surface area contributed by atoms with Gasteiger partial charge in [0.25, 0.3) is 0 Å². The molecule has 0 spiro atoms. The second-order valence-corrected chi connectivity index (χ2v) is 6.13. The smallest absolute Gasteiger partial charge is 0.193 e. The van der Waals surface area contributed by atoms with Gasteiger partial charge in [-0.3, -0.25) is 9.89 Å². The summed E-state index contributed by atoms with van der Waals surface area (Å²) < 4.78 is 10.8. The number of nitrogens with zero attached hydrogens (tertiary/aromatic N) is 3. The highest BCUT2D eigenvalue weighted by atomic mass is 16.5. The Morgan fingerprint density at radius 2 is 1.92 bits per heavy atom. The molecule has 0 aliphatic carbocycles. The van der Waals surface area contributed by atoms with Crippen molar-refractivity contribution in [2.45, 2.75) is 12.6 Å². The third kappa shape index (κ3) is 5.26. The fourth-order valence-corrected chi connectivity index (χ4v) is 2.67. The van der Waals surface area contributed by atoms with E-state index >= 15 is 0 Å². The predicted molar refractivity (Wildman–Crippen MR) is 101 cm³/mol. The number of benzene rings is 1. The topological polar surface area (TPSA) is 53.2 Å². The largest absolute Gasteiger partial charge is 0.497 e. The van der Waals surface area contributed by atoms with E-state index in [9.17, 15) is 0 Å². The lowest BCUT2D eigenvalue weighted by atomic mass is 10.2. The molecule has 136 valence electrons. The second kappa shape index (κ2) is 9.13. The van der Waals surface area contributed by atoms with Gasteiger partial charge in [-0.1, -0.05) is 12.1 Å². The number of furan rings is 1. The van der Waals surface area contributed by atoms with Gasteiger partial charge in [0.05, 0.1) is 19.4 Å². The zero-order valence-corrected chi connectivity index (χ0v) is 15.7. The predicted octanol–water partition coefficient (Wildman–Crippen LogP) is 2.60. The summed E-state index contributed by atoms with van der Waals surface area (Å²) in [6.07, 6.45) is 1.70. The lowest BCUT2D eigenvalue weighted by molar-refractivity contribution is 0.256. The minimum absolute atomic E-state index is 0.140. The first-order chi connectivity index (χ1) is 12.0. The number of hydrogen-bond donors (Lipinski definition) is 1. The molecule has 1 aromatic heterocycles. The van der Waals surface area contributed by atoms with E-state index in [-0.39, 0.29) is 6.04 Å². The van der Waals surface area contributed by atoms with Gasteiger partial charge in [0.15, 0.2) is 5.96 Å². The van der Waals surface area contributed by atoms with Crippen molar-refractivity contribution in [3.05, 3.63) is 54.0 Å². The van der Waals surface area contributed by atoms with E-state index in [0.717, 1.165) is 24.0 Å². The minimum atomic E-state index is 0.140. The van der Waals surface area contributed by atoms with Crippen molar-refractivity contribution in [2.75, 3.05) is 41.8 Å². The van der Waals surface area contributed by atoms with Crippen LogP contribution in [0.3, 0.4) is 0 Å². The number of likely N-dealkylation sites (N-methyl/N-ethyl adjacent to an activating group) is 1. The Labute approximate surface area is 150 Å². The van der Waals surface area contributed by atoms with Gasteiger partial charge < -0.3 is 19.4 Å². The molecule has 0 aliphatic rings. The second-order valence-electron chi connectivity index (χ2n) is 6.13. The molecule has 1 heterocycles. The van der Waals surface area contributed by atoms with Crippen molar-refractivity contribution in [1.29, 1.82) is 0 Å². The van der Waals surface area contributed by atoms with Crippen molar-refractivity contribution >= 4 is 5.96 Å². The molecule has 0 saturated carbocycles. The van der Waals surface area contributed by atoms with Crippen LogP contribution in [0.1, 0.15) is 17.4 Å². The molecule has 1 atom stereocenters. The summed E-state index contributed by atoms with van der Waals surface area (Å²) >= 11 is 0. The van der Waals surface area contributed by atoms with Gasteiger partial charge in [-0.05, 0) is 43.9 Å². The van der Waals surface area contributed by atoms with Gasteiger partial charge in [-0.15, -0.1) is 0 Å². The molecule has 1 N–H and O–H groups in total. The Kier molecular flexibility index (Phi) is 6.89. The zero-order valence-electron chi connectivity index (χ0n) is 15.7. The third-order valence-corrected chi connectivity index (χ3v) is 4.10. The van der Waals surface area contributed by atoms with Gasteiger partial charge in [-0.25, -0.2) is 0 Å². The van der Waals surface area contributed by atoms with Gasteiger partial charge in [0, 0.05) is 27.2 Å². The Morgan fingerprint density at radius 3 is 2.44 bits per heavy atom. The first kappa shape index (κ1) is 18.9. The summed E-state index contributed by atoms with van der Waals surface area (Å²) in [5.41, 5.74) is 1.20. The third-order valence-electron chi connectivity index (χ3n) is 4.10. The van der Waals surface area contributed by atoms with Gasteiger partial charge in [-0.2, -0.15) is 0 Å². The molecule has 1 unspecified atom stereocenters. The fourth-order valence-electron chi connectivity index (χ4n) is 2.67. The first-order valence-corrected chi connectivity index (χ1v) is 8.29. The number of ether oxygens (including phenoxy) is 1. The number of methoxy groups -OCH3 is 1. The van der Waals surface area contributed by atoms with Crippen LogP contribution in [0.5, 0.6) is 5.75 Å². The Bertz CT molecular complexity index is 651. The van der Waals surface area contributed by atoms with Crippen LogP contribution in [0.25, 0.3) is 0 Å². The lowest BCUT2D eigenvalue weighted by Gasteiger charge is -2.27. The molecule has 0 aliphatic heterocycles. The number of nitrogens with one attached hydrogen (secondary N) is 1. The molecule has 0 bridgehead atoms. The molecule has 0 radical (unpaired) electrons. The summed E-state index contributed by atoms with van der Waals surface area (Å²) in [4.78, 5) is 8.61. The van der Waals surface area contributed by atoms with Gasteiger partial charge >= 0.3 is 0 Å². The highest BCUT2D eigenvalue weighted by molar-refractivity contribution is 5.79. The minimum Gasteiger partial charge on any atom is -0.497 e. The summed E-state index contributed by atoms with van der Waals surface area (Å²) in [5.74, 6) is 2.64. The Balaban J connectivity index is 1.96. The Morgan fingerprint density at radius 1 is 1.20 bits per heavy atom. The van der Waals surface area contributed by atoms with Crippen molar-refractivity contribution in [1.82, 2.24) is 15.1 Å². The molecular weight excluding hydrogens is 316 g/mol. The fraction of sp³-hybridized carbons (Fsp3) is 0.421. The van der Waals surface area contributed by atoms with Gasteiger partial charge in [0.2, 0.25) is 0 Å². The zero-order chi connectivity index (χ0) is 18.2. The summed E-state index contributed by atoms with van der Waals surface area (Å²) in [6.45, 7) is 1.47. The van der Waals surface area contributed by atoms with Crippen LogP contribution in [0.15, 0.2) is 52.1 Å². The van der Waals surface area contributed by atoms with E-state index in [1.54, 1.807) is 20.4 Å². The molecule has 2 aromatic rings. The van der Waals surface area contributed by atoms with E-state index < -0.39 is 0 Å². The highest BCUT2D eigenvalue weighted by Gasteiger charge is 2.18. The van der Waals surface area contributed by atoms with E-state index in [0.29, 0.717) is 6.54 Å². The number of aliphatic imine (C=N–C) groups is 1. The van der Waals surface area contributed by atoms with Crippen LogP contribution < -0.4 is 10.1 Å². The van der Waals surface area contributed by atoms with Crippen LogP contribution in [-0.2, 0) is 6.54 Å². The van der Waals surface area contributed by atoms with Crippen LogP contribution in [0, 0.1) is 0 Å². The maximum atomic E-state index is 5.55. The van der Waals surface area contributed by atoms with E-state index in [1.165, 1.54) is 5.56 Å². The maximum Gasteiger partial charge on any atom is 0.193 e. The van der Waals surface area contributed by atoms with E-state index in [2.05, 4.69) is 32.2 Å². The molecule has 0 saturated heterocycles. The van der Waals surface area contributed by atoms with E-state index in [4.69, 9.17) is 9.15 Å². The standard InChI is InChI=1S/C19H28N4O2/c1-20-19(21-13-17(22(2)3)18-7-6-12-25-18)23(4)14-15-8-10-16(24-5)11-9-15/h6-12,17H,13-14H2,1-5H3,(H,20,21). The molecule has 2 rings (SSSR count).